The molecule has 0 saturated carbocycles. The molecule has 0 aromatic heterocycles. The van der Waals surface area contributed by atoms with Gasteiger partial charge in [-0.25, -0.2) is 0 Å². The van der Waals surface area contributed by atoms with Crippen LogP contribution in [0.5, 0.6) is 0 Å². The molecule has 0 radical (unpaired) electrons. The van der Waals surface area contributed by atoms with Crippen LogP contribution in [0.1, 0.15) is 20.8 Å². The van der Waals surface area contributed by atoms with Gasteiger partial charge in [0.2, 0.25) is 0 Å². The molecule has 0 atom stereocenters. The molecule has 4 nitrogen and oxygen atoms in total. The molecule has 0 bridgehead atoms. The van der Waals surface area contributed by atoms with Crippen LogP contribution in [0.15, 0.2) is 12.2 Å². The van der Waals surface area contributed by atoms with Gasteiger partial charge in [-0.1, -0.05) is 20.8 Å². The number of rotatable bonds is 0. The summed E-state index contributed by atoms with van der Waals surface area (Å²) in [4.78, 5) is 29.7. The molecule has 14 heavy (non-hydrogen) atoms. The average molecular weight is 365 g/mol. The van der Waals surface area contributed by atoms with E-state index in [0.29, 0.717) is 0 Å². The summed E-state index contributed by atoms with van der Waals surface area (Å²) < 4.78 is 0. The summed E-state index contributed by atoms with van der Waals surface area (Å²) in [5.74, 6) is -0.907. The van der Waals surface area contributed by atoms with Crippen LogP contribution in [0.3, 0.4) is 0 Å². The van der Waals surface area contributed by atoms with Crippen molar-refractivity contribution in [2.24, 2.45) is 5.41 Å². The van der Waals surface area contributed by atoms with E-state index in [2.05, 4.69) is 5.32 Å². The molecule has 5 heteroatoms. The van der Waals surface area contributed by atoms with Gasteiger partial charge in [-0.05, 0) is 12.2 Å². The van der Waals surface area contributed by atoms with E-state index in [1.165, 1.54) is 0 Å². The third-order valence-electron chi connectivity index (χ3n) is 0.895. The maximum Gasteiger partial charge on any atom is 2.00 e. The molecular weight excluding hydrogens is 354 g/mol. The van der Waals surface area contributed by atoms with Crippen LogP contribution in [0.4, 0.5) is 0 Å². The zero-order valence-corrected chi connectivity index (χ0v) is 11.2. The zero-order valence-electron chi connectivity index (χ0n) is 8.23. The van der Waals surface area contributed by atoms with Crippen molar-refractivity contribution in [1.29, 1.82) is 0 Å². The zero-order chi connectivity index (χ0) is 10.5. The summed E-state index contributed by atoms with van der Waals surface area (Å²) >= 11 is 0. The first-order valence-corrected chi connectivity index (χ1v) is 3.72. The Morgan fingerprint density at radius 1 is 1.14 bits per heavy atom. The third kappa shape index (κ3) is 9.33. The fraction of sp³-hybridized carbons (Fsp3) is 0.444. The van der Waals surface area contributed by atoms with Gasteiger partial charge < -0.3 is 19.7 Å². The minimum atomic E-state index is -0.454. The Balaban J connectivity index is 0. The largest absolute Gasteiger partial charge is 2.00 e. The summed E-state index contributed by atoms with van der Waals surface area (Å²) in [5, 5.41) is 3.00. The molecule has 1 aliphatic heterocycles. The third-order valence-corrected chi connectivity index (χ3v) is 0.895. The molecule has 1 aliphatic rings. The molecule has 0 N–H and O–H groups in total. The van der Waals surface area contributed by atoms with Crippen LogP contribution in [0.2, 0.25) is 0 Å². The second-order valence-electron chi connectivity index (χ2n) is 3.47. The van der Waals surface area contributed by atoms with Crippen LogP contribution in [0, 0.1) is 5.41 Å². The first kappa shape index (κ1) is 15.7. The van der Waals surface area contributed by atoms with E-state index < -0.39 is 11.8 Å². The van der Waals surface area contributed by atoms with Gasteiger partial charge in [0, 0.05) is 0 Å². The summed E-state index contributed by atoms with van der Waals surface area (Å²) in [5.41, 5.74) is -0.264. The van der Waals surface area contributed by atoms with Crippen molar-refractivity contribution in [2.45, 2.75) is 20.8 Å². The van der Waals surface area contributed by atoms with Gasteiger partial charge >= 0.3 is 21.1 Å². The first-order chi connectivity index (χ1) is 5.85. The Kier molecular flexibility index (Phi) is 7.46. The maximum atomic E-state index is 9.98. The minimum absolute atomic E-state index is 0. The molecule has 0 aliphatic carbocycles. The fourth-order valence-electron chi connectivity index (χ4n) is 0.326. The Bertz CT molecular complexity index is 237. The van der Waals surface area contributed by atoms with Crippen LogP contribution in [0.25, 0.3) is 5.32 Å². The SMILES string of the molecule is CC(C)(C)[C-]=O.O=C1C=CC(=O)[N-]1.[W+2]. The number of hydrogen-bond acceptors (Lipinski definition) is 3. The average Bonchev–Trinajstić information content (AvgIpc) is 2.34. The quantitative estimate of drug-likeness (QED) is 0.478. The second-order valence-corrected chi connectivity index (χ2v) is 3.47. The predicted molar refractivity (Wildman–Crippen MR) is 47.7 cm³/mol. The summed E-state index contributed by atoms with van der Waals surface area (Å²) in [6.45, 7) is 5.46. The molecule has 0 spiro atoms. The standard InChI is InChI=1S/C5H9O.C4H3NO2.W/c1-5(2,3)4-6;6-3-1-2-4(7)5-3;/h1-3H3;1-2H,(H,5,6,7);/q-1;;+2/p-1. The van der Waals surface area contributed by atoms with Gasteiger partial charge in [0.15, 0.2) is 0 Å². The van der Waals surface area contributed by atoms with Crippen molar-refractivity contribution in [2.75, 3.05) is 0 Å². The van der Waals surface area contributed by atoms with Crippen LogP contribution in [-0.2, 0) is 35.4 Å². The van der Waals surface area contributed by atoms with E-state index in [-0.39, 0.29) is 26.5 Å². The van der Waals surface area contributed by atoms with E-state index in [0.717, 1.165) is 12.2 Å². The van der Waals surface area contributed by atoms with Crippen LogP contribution in [-0.4, -0.2) is 18.1 Å². The van der Waals surface area contributed by atoms with E-state index >= 15 is 0 Å². The Hall–Kier alpha value is -0.762. The number of nitrogens with zero attached hydrogens (tertiary/aromatic N) is 1. The van der Waals surface area contributed by atoms with Gasteiger partial charge in [-0.2, -0.15) is 0 Å². The molecular formula is C9H11NO3W. The van der Waals surface area contributed by atoms with Crippen molar-refractivity contribution in [3.8, 4) is 0 Å². The summed E-state index contributed by atoms with van der Waals surface area (Å²) in [6.07, 6.45) is 4.14. The van der Waals surface area contributed by atoms with Gasteiger partial charge in [0.25, 0.3) is 0 Å². The molecule has 1 rings (SSSR count). The Labute approximate surface area is 97.4 Å². The molecule has 0 aromatic rings. The van der Waals surface area contributed by atoms with Crippen LogP contribution >= 0.6 is 0 Å². The monoisotopic (exact) mass is 365 g/mol. The molecule has 0 aromatic carbocycles. The summed E-state index contributed by atoms with van der Waals surface area (Å²) in [6, 6.07) is 0. The van der Waals surface area contributed by atoms with Crippen molar-refractivity contribution in [1.82, 2.24) is 0 Å². The normalized spacial score (nSPS) is 13.6. The molecule has 2 amide bonds. The predicted octanol–water partition coefficient (Wildman–Crippen LogP) is 1.12. The molecule has 0 fully saturated rings. The summed E-state index contributed by atoms with van der Waals surface area (Å²) in [7, 11) is 0. The topological polar surface area (TPSA) is 65.3 Å². The van der Waals surface area contributed by atoms with Crippen molar-refractivity contribution in [3.63, 3.8) is 0 Å². The fourth-order valence-corrected chi connectivity index (χ4v) is 0.326. The number of carbonyl (C=O) groups excluding carboxylic acids is 3. The van der Waals surface area contributed by atoms with E-state index in [1.54, 1.807) is 0 Å². The van der Waals surface area contributed by atoms with Gasteiger partial charge in [0.1, 0.15) is 0 Å². The van der Waals surface area contributed by atoms with Crippen molar-refractivity contribution in [3.05, 3.63) is 17.5 Å². The Morgan fingerprint density at radius 2 is 1.43 bits per heavy atom. The number of amides is 2. The van der Waals surface area contributed by atoms with E-state index in [4.69, 9.17) is 0 Å². The van der Waals surface area contributed by atoms with E-state index in [9.17, 15) is 14.4 Å². The molecule has 0 unspecified atom stereocenters. The van der Waals surface area contributed by atoms with Gasteiger partial charge in [-0.15, -0.1) is 5.41 Å². The van der Waals surface area contributed by atoms with E-state index in [1.807, 2.05) is 27.1 Å². The minimum Gasteiger partial charge on any atom is -0.589 e. The van der Waals surface area contributed by atoms with Crippen molar-refractivity contribution < 1.29 is 35.4 Å². The number of imide groups is 1. The first-order valence-electron chi connectivity index (χ1n) is 3.72. The number of hydrogen-bond donors (Lipinski definition) is 0. The second kappa shape index (κ2) is 6.66. The van der Waals surface area contributed by atoms with Gasteiger partial charge in [-0.3, -0.25) is 6.29 Å². The van der Waals surface area contributed by atoms with Gasteiger partial charge in [0.05, 0.1) is 11.8 Å². The molecule has 1 heterocycles. The number of carbonyl (C=O) groups is 2. The molecule has 76 valence electrons. The maximum absolute atomic E-state index is 9.98. The van der Waals surface area contributed by atoms with Crippen molar-refractivity contribution >= 4 is 18.1 Å². The smallest absolute Gasteiger partial charge is 0.589 e. The Morgan fingerprint density at radius 3 is 1.50 bits per heavy atom. The van der Waals surface area contributed by atoms with Crippen LogP contribution < -0.4 is 0 Å². The molecule has 0 saturated heterocycles.